The number of hydrogen-bond acceptors (Lipinski definition) is 3. The van der Waals surface area contributed by atoms with Crippen molar-refractivity contribution in [3.05, 3.63) is 0 Å². The highest BCUT2D eigenvalue weighted by atomic mass is 16.1. The van der Waals surface area contributed by atoms with E-state index in [1.165, 1.54) is 19.3 Å². The van der Waals surface area contributed by atoms with E-state index in [4.69, 9.17) is 5.73 Å². The Bertz CT molecular complexity index is 236. The Morgan fingerprint density at radius 1 is 1.40 bits per heavy atom. The van der Waals surface area contributed by atoms with Gasteiger partial charge >= 0.3 is 0 Å². The van der Waals surface area contributed by atoms with Gasteiger partial charge in [0, 0.05) is 12.1 Å². The van der Waals surface area contributed by atoms with Crippen molar-refractivity contribution in [3.8, 4) is 0 Å². The van der Waals surface area contributed by atoms with Crippen LogP contribution in [-0.4, -0.2) is 55.0 Å². The largest absolute Gasteiger partial charge is 0.368 e. The highest BCUT2D eigenvalue weighted by Gasteiger charge is 2.40. The van der Waals surface area contributed by atoms with Gasteiger partial charge in [-0.2, -0.15) is 0 Å². The lowest BCUT2D eigenvalue weighted by molar-refractivity contribution is -0.123. The number of carbonyl (C=O) groups excluding carboxylic acids is 1. The van der Waals surface area contributed by atoms with Crippen molar-refractivity contribution in [2.45, 2.75) is 37.8 Å². The maximum atomic E-state index is 11.1. The lowest BCUT2D eigenvalue weighted by atomic mass is 9.75. The van der Waals surface area contributed by atoms with Gasteiger partial charge in [0.1, 0.15) is 0 Å². The molecular weight excluding hydrogens is 190 g/mol. The molecule has 15 heavy (non-hydrogen) atoms. The topological polar surface area (TPSA) is 49.6 Å². The van der Waals surface area contributed by atoms with Crippen LogP contribution in [0.3, 0.4) is 0 Å². The van der Waals surface area contributed by atoms with Gasteiger partial charge in [-0.05, 0) is 47.3 Å². The number of amides is 1. The van der Waals surface area contributed by atoms with E-state index in [9.17, 15) is 4.79 Å². The Balaban J connectivity index is 2.56. The molecule has 1 aliphatic rings. The van der Waals surface area contributed by atoms with Crippen LogP contribution in [0.5, 0.6) is 0 Å². The Labute approximate surface area is 92.4 Å². The average Bonchev–Trinajstić information content (AvgIpc) is 2.08. The number of hydrogen-bond donors (Lipinski definition) is 1. The molecule has 0 radical (unpaired) electrons. The number of nitrogens with zero attached hydrogens (tertiary/aromatic N) is 2. The van der Waals surface area contributed by atoms with Crippen molar-refractivity contribution in [1.82, 2.24) is 9.80 Å². The first-order chi connectivity index (χ1) is 6.89. The first kappa shape index (κ1) is 12.5. The average molecular weight is 213 g/mol. The molecule has 0 aromatic heterocycles. The normalized spacial score (nSPS) is 21.5. The molecule has 1 aliphatic carbocycles. The monoisotopic (exact) mass is 213 g/mol. The molecule has 1 atom stereocenters. The molecule has 88 valence electrons. The minimum absolute atomic E-state index is 0.178. The van der Waals surface area contributed by atoms with Crippen LogP contribution in [0.4, 0.5) is 0 Å². The van der Waals surface area contributed by atoms with Gasteiger partial charge < -0.3 is 10.6 Å². The highest BCUT2D eigenvalue weighted by molar-refractivity contribution is 5.79. The quantitative estimate of drug-likeness (QED) is 0.713. The zero-order valence-electron chi connectivity index (χ0n) is 10.3. The van der Waals surface area contributed by atoms with Crippen molar-refractivity contribution < 1.29 is 4.79 Å². The summed E-state index contributed by atoms with van der Waals surface area (Å²) in [7, 11) is 6.20. The van der Waals surface area contributed by atoms with Crippen LogP contribution in [0.1, 0.15) is 26.2 Å². The van der Waals surface area contributed by atoms with E-state index in [1.807, 2.05) is 14.0 Å². The Hall–Kier alpha value is -0.610. The highest BCUT2D eigenvalue weighted by Crippen LogP contribution is 2.36. The smallest absolute Gasteiger partial charge is 0.234 e. The molecule has 2 N–H and O–H groups in total. The van der Waals surface area contributed by atoms with Crippen LogP contribution in [0, 0.1) is 0 Å². The molecule has 4 heteroatoms. The van der Waals surface area contributed by atoms with E-state index >= 15 is 0 Å². The van der Waals surface area contributed by atoms with Crippen molar-refractivity contribution in [2.24, 2.45) is 5.73 Å². The first-order valence-electron chi connectivity index (χ1n) is 5.56. The molecule has 0 aromatic carbocycles. The van der Waals surface area contributed by atoms with Crippen LogP contribution in [0.2, 0.25) is 0 Å². The van der Waals surface area contributed by atoms with E-state index in [1.54, 1.807) is 0 Å². The SMILES string of the molecule is CC(C(N)=O)N(C)CC1(N(C)C)CCC1. The second kappa shape index (κ2) is 4.49. The van der Waals surface area contributed by atoms with E-state index in [0.717, 1.165) is 6.54 Å². The molecule has 0 aliphatic heterocycles. The molecular formula is C11H23N3O. The van der Waals surface area contributed by atoms with Gasteiger partial charge in [-0.1, -0.05) is 0 Å². The zero-order chi connectivity index (χ0) is 11.6. The molecule has 0 spiro atoms. The van der Waals surface area contributed by atoms with Crippen LogP contribution in [-0.2, 0) is 4.79 Å². The molecule has 0 bridgehead atoms. The van der Waals surface area contributed by atoms with Crippen LogP contribution < -0.4 is 5.73 Å². The Morgan fingerprint density at radius 2 is 1.93 bits per heavy atom. The third-order valence-corrected chi connectivity index (χ3v) is 3.85. The van der Waals surface area contributed by atoms with E-state index in [0.29, 0.717) is 0 Å². The van der Waals surface area contributed by atoms with Gasteiger partial charge in [0.2, 0.25) is 5.91 Å². The number of rotatable bonds is 5. The van der Waals surface area contributed by atoms with Crippen LogP contribution in [0.25, 0.3) is 0 Å². The summed E-state index contributed by atoms with van der Waals surface area (Å²) in [6.45, 7) is 2.79. The van der Waals surface area contributed by atoms with Crippen molar-refractivity contribution in [3.63, 3.8) is 0 Å². The number of primary amides is 1. The van der Waals surface area contributed by atoms with Gasteiger partial charge in [-0.3, -0.25) is 9.69 Å². The molecule has 1 amide bonds. The second-order valence-electron chi connectivity index (χ2n) is 4.97. The third-order valence-electron chi connectivity index (χ3n) is 3.85. The second-order valence-corrected chi connectivity index (χ2v) is 4.97. The predicted molar refractivity (Wildman–Crippen MR) is 61.6 cm³/mol. The van der Waals surface area contributed by atoms with Gasteiger partial charge in [0.15, 0.2) is 0 Å². The summed E-state index contributed by atoms with van der Waals surface area (Å²) in [6, 6.07) is -0.178. The lowest BCUT2D eigenvalue weighted by Gasteiger charge is -2.49. The van der Waals surface area contributed by atoms with Gasteiger partial charge in [-0.25, -0.2) is 0 Å². The summed E-state index contributed by atoms with van der Waals surface area (Å²) in [5.74, 6) is -0.245. The lowest BCUT2D eigenvalue weighted by Crippen LogP contribution is -2.58. The van der Waals surface area contributed by atoms with Gasteiger partial charge in [0.05, 0.1) is 6.04 Å². The Morgan fingerprint density at radius 3 is 2.20 bits per heavy atom. The third kappa shape index (κ3) is 2.49. The summed E-state index contributed by atoms with van der Waals surface area (Å²) in [4.78, 5) is 15.4. The predicted octanol–water partition coefficient (Wildman–Crippen LogP) is 0.276. The minimum Gasteiger partial charge on any atom is -0.368 e. The summed E-state index contributed by atoms with van der Waals surface area (Å²) in [6.07, 6.45) is 3.72. The fourth-order valence-electron chi connectivity index (χ4n) is 2.15. The summed E-state index contributed by atoms with van der Waals surface area (Å²) < 4.78 is 0. The van der Waals surface area contributed by atoms with Crippen LogP contribution in [0.15, 0.2) is 0 Å². The molecule has 0 saturated heterocycles. The van der Waals surface area contributed by atoms with Crippen LogP contribution >= 0.6 is 0 Å². The minimum atomic E-state index is -0.245. The van der Waals surface area contributed by atoms with Gasteiger partial charge in [-0.15, -0.1) is 0 Å². The summed E-state index contributed by atoms with van der Waals surface area (Å²) >= 11 is 0. The summed E-state index contributed by atoms with van der Waals surface area (Å²) in [5, 5.41) is 0. The van der Waals surface area contributed by atoms with Crippen molar-refractivity contribution >= 4 is 5.91 Å². The number of carbonyl (C=O) groups is 1. The van der Waals surface area contributed by atoms with Crippen molar-refractivity contribution in [2.75, 3.05) is 27.7 Å². The van der Waals surface area contributed by atoms with E-state index in [2.05, 4.69) is 23.9 Å². The fraction of sp³-hybridized carbons (Fsp3) is 0.909. The maximum Gasteiger partial charge on any atom is 0.234 e. The molecule has 1 saturated carbocycles. The number of likely N-dealkylation sites (N-methyl/N-ethyl adjacent to an activating group) is 2. The van der Waals surface area contributed by atoms with Crippen molar-refractivity contribution in [1.29, 1.82) is 0 Å². The standard InChI is InChI=1S/C11H23N3O/c1-9(10(12)15)14(4)8-11(13(2)3)6-5-7-11/h9H,5-8H2,1-4H3,(H2,12,15). The fourth-order valence-corrected chi connectivity index (χ4v) is 2.15. The Kier molecular flexibility index (Phi) is 3.73. The molecule has 1 fully saturated rings. The molecule has 1 rings (SSSR count). The summed E-state index contributed by atoms with van der Waals surface area (Å²) in [5.41, 5.74) is 5.56. The zero-order valence-corrected chi connectivity index (χ0v) is 10.3. The van der Waals surface area contributed by atoms with Gasteiger partial charge in [0.25, 0.3) is 0 Å². The molecule has 1 unspecified atom stereocenters. The maximum absolute atomic E-state index is 11.1. The van der Waals surface area contributed by atoms with E-state index in [-0.39, 0.29) is 17.5 Å². The van der Waals surface area contributed by atoms with E-state index < -0.39 is 0 Å². The molecule has 0 heterocycles. The first-order valence-corrected chi connectivity index (χ1v) is 5.56. The molecule has 4 nitrogen and oxygen atoms in total. The molecule has 0 aromatic rings. The number of nitrogens with two attached hydrogens (primary N) is 1.